The summed E-state index contributed by atoms with van der Waals surface area (Å²) in [5.41, 5.74) is 6.86. The number of methoxy groups -OCH3 is 2. The van der Waals surface area contributed by atoms with Crippen molar-refractivity contribution in [1.82, 2.24) is 4.57 Å². The molecule has 0 radical (unpaired) electrons. The quantitative estimate of drug-likeness (QED) is 0.461. The van der Waals surface area contributed by atoms with E-state index in [1.807, 2.05) is 0 Å². The Morgan fingerprint density at radius 3 is 2.03 bits per heavy atom. The molecule has 4 N–H and O–H groups in total. The highest BCUT2D eigenvalue weighted by atomic mass is 32.1. The van der Waals surface area contributed by atoms with Crippen molar-refractivity contribution >= 4 is 40.7 Å². The van der Waals surface area contributed by atoms with Crippen LogP contribution in [0, 0.1) is 0 Å². The van der Waals surface area contributed by atoms with Gasteiger partial charge in [0.05, 0.1) is 35.8 Å². The first-order valence-corrected chi connectivity index (χ1v) is 10.8. The zero-order valence-electron chi connectivity index (χ0n) is 18.1. The molecule has 1 aliphatic heterocycles. The largest absolute Gasteiger partial charge is 0.508 e. The molecule has 0 fully saturated rings. The zero-order valence-corrected chi connectivity index (χ0v) is 19.0. The van der Waals surface area contributed by atoms with Crippen molar-refractivity contribution < 1.29 is 29.3 Å². The molecule has 174 valence electrons. The van der Waals surface area contributed by atoms with Crippen LogP contribution in [0.25, 0.3) is 17.5 Å². The predicted molar refractivity (Wildman–Crippen MR) is 125 cm³/mol. The minimum atomic E-state index is -1.000. The molecule has 2 heterocycles. The van der Waals surface area contributed by atoms with E-state index < -0.39 is 23.4 Å². The summed E-state index contributed by atoms with van der Waals surface area (Å²) in [5.74, 6) is -2.66. The zero-order chi connectivity index (χ0) is 24.6. The first-order valence-electron chi connectivity index (χ1n) is 9.99. The third-order valence-corrected chi connectivity index (χ3v) is 6.48. The van der Waals surface area contributed by atoms with E-state index in [0.29, 0.717) is 11.1 Å². The van der Waals surface area contributed by atoms with E-state index in [9.17, 15) is 24.6 Å². The smallest absolute Gasteiger partial charge is 0.338 e. The van der Waals surface area contributed by atoms with Crippen LogP contribution < -0.4 is 20.5 Å². The molecule has 0 bridgehead atoms. The molecule has 34 heavy (non-hydrogen) atoms. The van der Waals surface area contributed by atoms with Crippen LogP contribution in [0.2, 0.25) is 0 Å². The summed E-state index contributed by atoms with van der Waals surface area (Å²) in [6.45, 7) is 0. The van der Waals surface area contributed by atoms with Gasteiger partial charge in [-0.05, 0) is 41.5 Å². The molecule has 3 aromatic rings. The van der Waals surface area contributed by atoms with Crippen LogP contribution in [0.4, 0.5) is 0 Å². The molecule has 9 nitrogen and oxygen atoms in total. The van der Waals surface area contributed by atoms with Gasteiger partial charge in [0.15, 0.2) is 0 Å². The third-order valence-electron chi connectivity index (χ3n) is 5.38. The van der Waals surface area contributed by atoms with Gasteiger partial charge in [0.25, 0.3) is 5.56 Å². The number of fused-ring (bicyclic) bond motifs is 1. The van der Waals surface area contributed by atoms with Gasteiger partial charge in [-0.1, -0.05) is 24.3 Å². The molecule has 2 aromatic carbocycles. The maximum absolute atomic E-state index is 13.3. The summed E-state index contributed by atoms with van der Waals surface area (Å²) in [6.07, 6.45) is 1.59. The number of phenolic OH excluding ortho intramolecular Hbond substituents is 2. The Kier molecular flexibility index (Phi) is 5.99. The molecule has 1 unspecified atom stereocenters. The van der Waals surface area contributed by atoms with E-state index in [2.05, 4.69) is 0 Å². The molecule has 1 atom stereocenters. The van der Waals surface area contributed by atoms with Gasteiger partial charge >= 0.3 is 11.9 Å². The summed E-state index contributed by atoms with van der Waals surface area (Å²) in [4.78, 5) is 39.1. The van der Waals surface area contributed by atoms with Gasteiger partial charge in [-0.15, -0.1) is 11.3 Å². The van der Waals surface area contributed by atoms with Gasteiger partial charge in [0, 0.05) is 0 Å². The first kappa shape index (κ1) is 22.9. The Bertz CT molecular complexity index is 1500. The lowest BCUT2D eigenvalue weighted by Crippen LogP contribution is -2.41. The van der Waals surface area contributed by atoms with E-state index in [0.717, 1.165) is 15.9 Å². The molecule has 1 aliphatic rings. The highest BCUT2D eigenvalue weighted by molar-refractivity contribution is 7.07. The molecule has 0 saturated heterocycles. The van der Waals surface area contributed by atoms with Crippen LogP contribution in [0.1, 0.15) is 17.0 Å². The second-order valence-corrected chi connectivity index (χ2v) is 8.40. The van der Waals surface area contributed by atoms with Crippen molar-refractivity contribution in [3.05, 3.63) is 84.8 Å². The van der Waals surface area contributed by atoms with Gasteiger partial charge in [-0.25, -0.2) is 9.59 Å². The fourth-order valence-electron chi connectivity index (χ4n) is 3.79. The molecule has 1 aromatic heterocycles. The van der Waals surface area contributed by atoms with Crippen LogP contribution >= 0.6 is 11.3 Å². The molecular weight excluding hydrogens is 460 g/mol. The van der Waals surface area contributed by atoms with E-state index >= 15 is 0 Å². The maximum Gasteiger partial charge on any atom is 0.338 e. The molecule has 0 amide bonds. The number of aromatic hydroxyl groups is 2. The average Bonchev–Trinajstić information content (AvgIpc) is 3.15. The summed E-state index contributed by atoms with van der Waals surface area (Å²) >= 11 is 1.02. The lowest BCUT2D eigenvalue weighted by atomic mass is 9.83. The molecule has 0 saturated carbocycles. The van der Waals surface area contributed by atoms with Crippen LogP contribution in [0.5, 0.6) is 11.5 Å². The standard InChI is InChI=1S/C24H20N2O7S/c1-32-23(30)18-17(13-5-9-15(28)10-6-13)19(24(31)33-2)22-26(20(18)25)21(29)16(34-22)11-12-3-7-14(27)8-4-12/h3-11,17,27-28H,25H2,1-2H3. The van der Waals surface area contributed by atoms with Gasteiger partial charge in [0.2, 0.25) is 0 Å². The number of hydrogen-bond donors (Lipinski definition) is 3. The lowest BCUT2D eigenvalue weighted by Gasteiger charge is -2.26. The van der Waals surface area contributed by atoms with Crippen LogP contribution in [-0.4, -0.2) is 40.9 Å². The Balaban J connectivity index is 2.11. The first-order chi connectivity index (χ1) is 16.3. The highest BCUT2D eigenvalue weighted by Gasteiger charge is 2.39. The number of benzene rings is 2. The number of esters is 2. The van der Waals surface area contributed by atoms with E-state index in [1.54, 1.807) is 30.3 Å². The summed E-state index contributed by atoms with van der Waals surface area (Å²) in [7, 11) is 2.37. The van der Waals surface area contributed by atoms with Crippen LogP contribution in [0.15, 0.2) is 58.9 Å². The number of phenols is 2. The van der Waals surface area contributed by atoms with Crippen molar-refractivity contribution in [3.8, 4) is 11.5 Å². The highest BCUT2D eigenvalue weighted by Crippen LogP contribution is 2.38. The molecule has 0 spiro atoms. The number of carbonyl (C=O) groups excluding carboxylic acids is 2. The fraction of sp³-hybridized carbons (Fsp3) is 0.125. The van der Waals surface area contributed by atoms with E-state index in [4.69, 9.17) is 15.2 Å². The molecule has 10 heteroatoms. The van der Waals surface area contributed by atoms with Gasteiger partial charge in [-0.2, -0.15) is 0 Å². The predicted octanol–water partition coefficient (Wildman–Crippen LogP) is 0.571. The molecule has 0 aliphatic carbocycles. The van der Waals surface area contributed by atoms with Gasteiger partial charge < -0.3 is 25.4 Å². The van der Waals surface area contributed by atoms with E-state index in [-0.39, 0.29) is 37.7 Å². The maximum atomic E-state index is 13.3. The normalized spacial score (nSPS) is 15.8. The number of nitrogens with zero attached hydrogens (tertiary/aromatic N) is 1. The number of ether oxygens (including phenoxy) is 2. The SMILES string of the molecule is COC(=O)C1=C(N)n2c(sc(=Cc3ccc(O)cc3)c2=O)=C(C(=O)OC)C1c1ccc(O)cc1. The van der Waals surface area contributed by atoms with Crippen molar-refractivity contribution in [2.45, 2.75) is 5.92 Å². The van der Waals surface area contributed by atoms with Gasteiger partial charge in [0.1, 0.15) is 22.0 Å². The third kappa shape index (κ3) is 3.84. The lowest BCUT2D eigenvalue weighted by molar-refractivity contribution is -0.136. The van der Waals surface area contributed by atoms with Crippen molar-refractivity contribution in [2.24, 2.45) is 5.73 Å². The number of nitrogens with two attached hydrogens (primary N) is 1. The number of hydrogen-bond acceptors (Lipinski definition) is 9. The monoisotopic (exact) mass is 480 g/mol. The van der Waals surface area contributed by atoms with Gasteiger partial charge in [-0.3, -0.25) is 9.36 Å². The minimum Gasteiger partial charge on any atom is -0.508 e. The van der Waals surface area contributed by atoms with Crippen molar-refractivity contribution in [3.63, 3.8) is 0 Å². The second-order valence-electron chi connectivity index (χ2n) is 7.37. The van der Waals surface area contributed by atoms with E-state index in [1.165, 1.54) is 38.5 Å². The number of rotatable bonds is 4. The number of aromatic nitrogens is 1. The Labute approximate surface area is 196 Å². The molecule has 4 rings (SSSR count). The Morgan fingerprint density at radius 1 is 0.941 bits per heavy atom. The Morgan fingerprint density at radius 2 is 1.47 bits per heavy atom. The minimum absolute atomic E-state index is 0.00503. The average molecular weight is 480 g/mol. The number of thiazole rings is 1. The van der Waals surface area contributed by atoms with Crippen molar-refractivity contribution in [2.75, 3.05) is 14.2 Å². The van der Waals surface area contributed by atoms with Crippen LogP contribution in [0.3, 0.4) is 0 Å². The topological polar surface area (TPSA) is 141 Å². The number of carbonyl (C=O) groups is 2. The summed E-state index contributed by atoms with van der Waals surface area (Å²) in [6, 6.07) is 12.1. The summed E-state index contributed by atoms with van der Waals surface area (Å²) in [5, 5.41) is 19.2. The summed E-state index contributed by atoms with van der Waals surface area (Å²) < 4.78 is 11.5. The van der Waals surface area contributed by atoms with Crippen molar-refractivity contribution in [1.29, 1.82) is 0 Å². The van der Waals surface area contributed by atoms with Crippen LogP contribution in [-0.2, 0) is 19.1 Å². The second kappa shape index (κ2) is 8.91. The Hall–Kier alpha value is -4.31. The fourth-order valence-corrected chi connectivity index (χ4v) is 4.95. The molecular formula is C24H20N2O7S.